The van der Waals surface area contributed by atoms with Crippen LogP contribution in [0, 0.1) is 10.1 Å². The highest BCUT2D eigenvalue weighted by molar-refractivity contribution is 5.92. The maximum absolute atomic E-state index is 10.5. The zero-order valence-corrected chi connectivity index (χ0v) is 5.11. The third-order valence-electron chi connectivity index (χ3n) is 1.16. The summed E-state index contributed by atoms with van der Waals surface area (Å²) in [5, 5.41) is 10.1. The lowest BCUT2D eigenvalue weighted by Gasteiger charge is -1.96. The van der Waals surface area contributed by atoms with E-state index in [2.05, 4.69) is 0 Å². The minimum atomic E-state index is -0.540. The number of rotatable bonds is 1. The van der Waals surface area contributed by atoms with E-state index in [-0.39, 0.29) is 17.9 Å². The molecule has 4 heteroatoms. The molecule has 1 aliphatic carbocycles. The van der Waals surface area contributed by atoms with Gasteiger partial charge in [0, 0.05) is 6.08 Å². The van der Waals surface area contributed by atoms with Crippen LogP contribution in [0.2, 0.25) is 0 Å². The fraction of sp³-hybridized carbons (Fsp3) is 0.167. The summed E-state index contributed by atoms with van der Waals surface area (Å²) in [5.41, 5.74) is -0.0347. The number of carbonyl (C=O) groups excluding carboxylic acids is 1. The topological polar surface area (TPSA) is 60.2 Å². The van der Waals surface area contributed by atoms with Crippen molar-refractivity contribution in [1.82, 2.24) is 0 Å². The van der Waals surface area contributed by atoms with Gasteiger partial charge in [0.05, 0.1) is 4.92 Å². The predicted octanol–water partition coefficient (Wildman–Crippen LogP) is 0.676. The van der Waals surface area contributed by atoms with Crippen molar-refractivity contribution in [2.75, 3.05) is 0 Å². The standard InChI is InChI=1S/C6H5NO3/c8-6-3-1-2-5(4-6)7(9)10/h1-3H,4H2. The normalized spacial score (nSPS) is 16.8. The van der Waals surface area contributed by atoms with Gasteiger partial charge in [-0.1, -0.05) is 6.08 Å². The Morgan fingerprint density at radius 3 is 2.70 bits per heavy atom. The summed E-state index contributed by atoms with van der Waals surface area (Å²) in [7, 11) is 0. The number of ketones is 1. The maximum Gasteiger partial charge on any atom is 0.253 e. The fourth-order valence-electron chi connectivity index (χ4n) is 0.688. The number of nitro groups is 1. The molecule has 0 aromatic carbocycles. The Morgan fingerprint density at radius 1 is 1.60 bits per heavy atom. The fourth-order valence-corrected chi connectivity index (χ4v) is 0.688. The zero-order valence-electron chi connectivity index (χ0n) is 5.11. The average molecular weight is 139 g/mol. The summed E-state index contributed by atoms with van der Waals surface area (Å²) >= 11 is 0. The Kier molecular flexibility index (Phi) is 1.62. The summed E-state index contributed by atoms with van der Waals surface area (Å²) in [6, 6.07) is 0. The van der Waals surface area contributed by atoms with Crippen molar-refractivity contribution in [3.63, 3.8) is 0 Å². The van der Waals surface area contributed by atoms with Crippen LogP contribution in [0.4, 0.5) is 0 Å². The molecule has 1 rings (SSSR count). The molecule has 0 bridgehead atoms. The quantitative estimate of drug-likeness (QED) is 0.396. The molecular weight excluding hydrogens is 134 g/mol. The van der Waals surface area contributed by atoms with Crippen LogP contribution in [0.1, 0.15) is 6.42 Å². The van der Waals surface area contributed by atoms with Gasteiger partial charge >= 0.3 is 0 Å². The molecule has 0 amide bonds. The molecule has 52 valence electrons. The highest BCUT2D eigenvalue weighted by Gasteiger charge is 2.15. The van der Waals surface area contributed by atoms with Crippen molar-refractivity contribution in [2.45, 2.75) is 6.42 Å². The maximum atomic E-state index is 10.5. The van der Waals surface area contributed by atoms with Crippen molar-refractivity contribution in [2.24, 2.45) is 0 Å². The monoisotopic (exact) mass is 139 g/mol. The van der Waals surface area contributed by atoms with E-state index in [0.717, 1.165) is 0 Å². The molecule has 0 heterocycles. The zero-order chi connectivity index (χ0) is 7.56. The molecule has 0 fully saturated rings. The number of carbonyl (C=O) groups is 1. The smallest absolute Gasteiger partial charge is 0.253 e. The van der Waals surface area contributed by atoms with Crippen LogP contribution in [-0.4, -0.2) is 10.7 Å². The summed E-state index contributed by atoms with van der Waals surface area (Å²) in [6.07, 6.45) is 3.97. The first-order valence-corrected chi connectivity index (χ1v) is 2.74. The molecule has 0 aromatic rings. The summed E-state index contributed by atoms with van der Waals surface area (Å²) in [4.78, 5) is 20.1. The van der Waals surface area contributed by atoms with Crippen LogP contribution in [0.5, 0.6) is 0 Å². The second-order valence-electron chi connectivity index (χ2n) is 1.92. The first-order chi connectivity index (χ1) is 4.70. The molecule has 0 N–H and O–H groups in total. The van der Waals surface area contributed by atoms with Gasteiger partial charge in [0.2, 0.25) is 0 Å². The van der Waals surface area contributed by atoms with Crippen molar-refractivity contribution in [1.29, 1.82) is 0 Å². The molecule has 0 aliphatic heterocycles. The van der Waals surface area contributed by atoms with Gasteiger partial charge in [-0.15, -0.1) is 0 Å². The molecule has 10 heavy (non-hydrogen) atoms. The van der Waals surface area contributed by atoms with Gasteiger partial charge in [-0.05, 0) is 6.08 Å². The Labute approximate surface area is 57.0 Å². The lowest BCUT2D eigenvalue weighted by molar-refractivity contribution is -0.426. The van der Waals surface area contributed by atoms with Crippen LogP contribution < -0.4 is 0 Å². The summed E-state index contributed by atoms with van der Waals surface area (Å²) in [6.45, 7) is 0. The number of allylic oxidation sites excluding steroid dienone is 4. The van der Waals surface area contributed by atoms with E-state index in [0.29, 0.717) is 0 Å². The Morgan fingerprint density at radius 2 is 2.30 bits per heavy atom. The van der Waals surface area contributed by atoms with E-state index in [1.165, 1.54) is 18.2 Å². The second-order valence-corrected chi connectivity index (χ2v) is 1.92. The van der Waals surface area contributed by atoms with E-state index in [1.54, 1.807) is 0 Å². The number of hydrogen-bond donors (Lipinski definition) is 0. The molecule has 0 radical (unpaired) electrons. The van der Waals surface area contributed by atoms with Crippen molar-refractivity contribution < 1.29 is 9.72 Å². The van der Waals surface area contributed by atoms with Crippen LogP contribution in [-0.2, 0) is 4.79 Å². The molecule has 0 saturated carbocycles. The van der Waals surface area contributed by atoms with Crippen LogP contribution in [0.25, 0.3) is 0 Å². The summed E-state index contributed by atoms with van der Waals surface area (Å²) < 4.78 is 0. The number of hydrogen-bond acceptors (Lipinski definition) is 3. The highest BCUT2D eigenvalue weighted by Crippen LogP contribution is 2.08. The van der Waals surface area contributed by atoms with Gasteiger partial charge in [0.25, 0.3) is 5.70 Å². The molecule has 0 aromatic heterocycles. The largest absolute Gasteiger partial charge is 0.294 e. The Balaban J connectivity index is 2.80. The molecular formula is C6H5NO3. The Hall–Kier alpha value is -1.45. The van der Waals surface area contributed by atoms with Gasteiger partial charge in [-0.2, -0.15) is 0 Å². The SMILES string of the molecule is O=C1C=CC=C([N+](=O)[O-])C1. The minimum Gasteiger partial charge on any atom is -0.294 e. The number of nitrogens with zero attached hydrogens (tertiary/aromatic N) is 1. The van der Waals surface area contributed by atoms with Gasteiger partial charge < -0.3 is 0 Å². The lowest BCUT2D eigenvalue weighted by atomic mass is 10.1. The van der Waals surface area contributed by atoms with Gasteiger partial charge in [-0.25, -0.2) is 0 Å². The van der Waals surface area contributed by atoms with E-state index in [9.17, 15) is 14.9 Å². The van der Waals surface area contributed by atoms with Gasteiger partial charge in [0.15, 0.2) is 5.78 Å². The molecule has 0 unspecified atom stereocenters. The molecule has 0 saturated heterocycles. The highest BCUT2D eigenvalue weighted by atomic mass is 16.6. The van der Waals surface area contributed by atoms with E-state index < -0.39 is 4.92 Å². The van der Waals surface area contributed by atoms with Crippen LogP contribution >= 0.6 is 0 Å². The molecule has 1 aliphatic rings. The average Bonchev–Trinajstić information content (AvgIpc) is 1.88. The van der Waals surface area contributed by atoms with Crippen LogP contribution in [0.15, 0.2) is 23.9 Å². The molecule has 0 atom stereocenters. The van der Waals surface area contributed by atoms with Crippen molar-refractivity contribution >= 4 is 5.78 Å². The summed E-state index contributed by atoms with van der Waals surface area (Å²) in [5.74, 6) is -0.214. The molecule has 4 nitrogen and oxygen atoms in total. The minimum absolute atomic E-state index is 0.0347. The molecule has 0 spiro atoms. The van der Waals surface area contributed by atoms with Gasteiger partial charge in [-0.3, -0.25) is 14.9 Å². The van der Waals surface area contributed by atoms with E-state index in [4.69, 9.17) is 0 Å². The van der Waals surface area contributed by atoms with Gasteiger partial charge in [0.1, 0.15) is 6.42 Å². The van der Waals surface area contributed by atoms with Crippen molar-refractivity contribution in [3.8, 4) is 0 Å². The van der Waals surface area contributed by atoms with E-state index >= 15 is 0 Å². The third kappa shape index (κ3) is 1.28. The Bertz CT molecular complexity index is 239. The first kappa shape index (κ1) is 6.67. The third-order valence-corrected chi connectivity index (χ3v) is 1.16. The van der Waals surface area contributed by atoms with E-state index in [1.807, 2.05) is 0 Å². The lowest BCUT2D eigenvalue weighted by Crippen LogP contribution is -2.06. The van der Waals surface area contributed by atoms with Crippen LogP contribution in [0.3, 0.4) is 0 Å². The van der Waals surface area contributed by atoms with Crippen molar-refractivity contribution in [3.05, 3.63) is 34.0 Å². The first-order valence-electron chi connectivity index (χ1n) is 2.74. The second kappa shape index (κ2) is 2.43. The predicted molar refractivity (Wildman–Crippen MR) is 33.8 cm³/mol.